The van der Waals surface area contributed by atoms with Crippen molar-refractivity contribution in [3.63, 3.8) is 0 Å². The second-order valence-electron chi connectivity index (χ2n) is 7.10. The summed E-state index contributed by atoms with van der Waals surface area (Å²) in [6.45, 7) is 3.34. The standard InChI is InChI=1S/C23H30FN3O2.HI/c1-25-23(26-15-5-6-18-28-20-11-9-19(24)10-12-20)27-16-13-22(14-17-27)29-21-7-3-2-4-8-21;/h2-4,7-12,22H,5-6,13-18H2,1H3,(H,25,26);1H. The van der Waals surface area contributed by atoms with Crippen molar-refractivity contribution in [2.24, 2.45) is 4.99 Å². The monoisotopic (exact) mass is 527 g/mol. The Labute approximate surface area is 195 Å². The zero-order chi connectivity index (χ0) is 20.3. The Morgan fingerprint density at radius 3 is 2.40 bits per heavy atom. The van der Waals surface area contributed by atoms with Gasteiger partial charge in [0, 0.05) is 39.5 Å². The highest BCUT2D eigenvalue weighted by Crippen LogP contribution is 2.18. The fourth-order valence-electron chi connectivity index (χ4n) is 3.36. The zero-order valence-electron chi connectivity index (χ0n) is 17.4. The van der Waals surface area contributed by atoms with Crippen LogP contribution in [-0.2, 0) is 0 Å². The zero-order valence-corrected chi connectivity index (χ0v) is 19.8. The number of nitrogens with one attached hydrogen (secondary N) is 1. The molecule has 2 aromatic carbocycles. The summed E-state index contributed by atoms with van der Waals surface area (Å²) in [7, 11) is 1.83. The van der Waals surface area contributed by atoms with Gasteiger partial charge in [-0.05, 0) is 49.2 Å². The lowest BCUT2D eigenvalue weighted by molar-refractivity contribution is 0.129. The molecule has 1 fully saturated rings. The van der Waals surface area contributed by atoms with Crippen molar-refractivity contribution in [3.8, 4) is 11.5 Å². The largest absolute Gasteiger partial charge is 0.494 e. The van der Waals surface area contributed by atoms with Gasteiger partial charge in [-0.15, -0.1) is 24.0 Å². The van der Waals surface area contributed by atoms with Crippen molar-refractivity contribution < 1.29 is 13.9 Å². The topological polar surface area (TPSA) is 46.1 Å². The van der Waals surface area contributed by atoms with E-state index in [-0.39, 0.29) is 35.9 Å². The molecule has 0 spiro atoms. The van der Waals surface area contributed by atoms with Crippen LogP contribution in [0.15, 0.2) is 59.6 Å². The number of unbranched alkanes of at least 4 members (excludes halogenated alkanes) is 1. The minimum absolute atomic E-state index is 0. The van der Waals surface area contributed by atoms with Crippen LogP contribution in [0, 0.1) is 5.82 Å². The van der Waals surface area contributed by atoms with Crippen LogP contribution in [0.5, 0.6) is 11.5 Å². The number of nitrogens with zero attached hydrogens (tertiary/aromatic N) is 2. The lowest BCUT2D eigenvalue weighted by atomic mass is 10.1. The van der Waals surface area contributed by atoms with Crippen molar-refractivity contribution in [2.75, 3.05) is 33.3 Å². The summed E-state index contributed by atoms with van der Waals surface area (Å²) < 4.78 is 24.6. The molecule has 30 heavy (non-hydrogen) atoms. The number of hydrogen-bond acceptors (Lipinski definition) is 3. The van der Waals surface area contributed by atoms with E-state index in [2.05, 4.69) is 15.2 Å². The second kappa shape index (κ2) is 13.3. The molecule has 0 atom stereocenters. The highest BCUT2D eigenvalue weighted by molar-refractivity contribution is 14.0. The molecule has 0 aromatic heterocycles. The van der Waals surface area contributed by atoms with Gasteiger partial charge < -0.3 is 19.7 Å². The molecule has 0 aliphatic carbocycles. The molecular weight excluding hydrogens is 496 g/mol. The number of benzene rings is 2. The second-order valence-corrected chi connectivity index (χ2v) is 7.10. The van der Waals surface area contributed by atoms with E-state index in [1.807, 2.05) is 37.4 Å². The number of para-hydroxylation sites is 1. The number of guanidine groups is 1. The molecule has 7 heteroatoms. The average molecular weight is 527 g/mol. The van der Waals surface area contributed by atoms with Crippen LogP contribution < -0.4 is 14.8 Å². The third kappa shape index (κ3) is 8.01. The molecule has 2 aromatic rings. The smallest absolute Gasteiger partial charge is 0.193 e. The minimum atomic E-state index is -0.247. The van der Waals surface area contributed by atoms with Crippen molar-refractivity contribution in [3.05, 3.63) is 60.4 Å². The number of likely N-dealkylation sites (tertiary alicyclic amines) is 1. The Hall–Kier alpha value is -2.03. The quantitative estimate of drug-likeness (QED) is 0.234. The number of ether oxygens (including phenoxy) is 2. The third-order valence-electron chi connectivity index (χ3n) is 4.94. The number of halogens is 2. The predicted octanol–water partition coefficient (Wildman–Crippen LogP) is 4.72. The molecule has 1 N–H and O–H groups in total. The maximum Gasteiger partial charge on any atom is 0.193 e. The molecule has 1 heterocycles. The molecule has 0 bridgehead atoms. The van der Waals surface area contributed by atoms with Crippen molar-refractivity contribution in [2.45, 2.75) is 31.8 Å². The first-order chi connectivity index (χ1) is 14.2. The van der Waals surface area contributed by atoms with E-state index in [9.17, 15) is 4.39 Å². The minimum Gasteiger partial charge on any atom is -0.494 e. The van der Waals surface area contributed by atoms with E-state index in [1.54, 1.807) is 12.1 Å². The molecule has 0 saturated carbocycles. The van der Waals surface area contributed by atoms with E-state index < -0.39 is 0 Å². The van der Waals surface area contributed by atoms with Gasteiger partial charge in [0.1, 0.15) is 23.4 Å². The van der Waals surface area contributed by atoms with Crippen LogP contribution in [0.25, 0.3) is 0 Å². The first-order valence-corrected chi connectivity index (χ1v) is 10.3. The van der Waals surface area contributed by atoms with E-state index in [0.717, 1.165) is 57.0 Å². The summed E-state index contributed by atoms with van der Waals surface area (Å²) in [5.41, 5.74) is 0. The van der Waals surface area contributed by atoms with Gasteiger partial charge in [0.15, 0.2) is 5.96 Å². The molecule has 0 radical (unpaired) electrons. The molecule has 1 saturated heterocycles. The Morgan fingerprint density at radius 1 is 1.03 bits per heavy atom. The number of hydrogen-bond donors (Lipinski definition) is 1. The molecule has 0 unspecified atom stereocenters. The Morgan fingerprint density at radius 2 is 1.73 bits per heavy atom. The lowest BCUT2D eigenvalue weighted by Crippen LogP contribution is -2.47. The molecule has 5 nitrogen and oxygen atoms in total. The van der Waals surface area contributed by atoms with Gasteiger partial charge in [-0.3, -0.25) is 4.99 Å². The molecule has 164 valence electrons. The normalized spacial score (nSPS) is 14.7. The summed E-state index contributed by atoms with van der Waals surface area (Å²) in [5, 5.41) is 3.44. The molecule has 0 amide bonds. The predicted molar refractivity (Wildman–Crippen MR) is 130 cm³/mol. The molecule has 3 rings (SSSR count). The van der Waals surface area contributed by atoms with E-state index in [0.29, 0.717) is 12.4 Å². The summed E-state index contributed by atoms with van der Waals surface area (Å²) >= 11 is 0. The highest BCUT2D eigenvalue weighted by Gasteiger charge is 2.22. The van der Waals surface area contributed by atoms with Gasteiger partial charge in [-0.2, -0.15) is 0 Å². The van der Waals surface area contributed by atoms with Crippen LogP contribution in [0.1, 0.15) is 25.7 Å². The van der Waals surface area contributed by atoms with Gasteiger partial charge in [0.05, 0.1) is 6.61 Å². The first kappa shape index (κ1) is 24.2. The Kier molecular flexibility index (Phi) is 10.8. The summed E-state index contributed by atoms with van der Waals surface area (Å²) in [6.07, 6.45) is 4.14. The molecule has 1 aliphatic rings. The van der Waals surface area contributed by atoms with E-state index in [1.165, 1.54) is 12.1 Å². The molecular formula is C23H31FIN3O2. The fourth-order valence-corrected chi connectivity index (χ4v) is 3.36. The van der Waals surface area contributed by atoms with Gasteiger partial charge >= 0.3 is 0 Å². The summed E-state index contributed by atoms with van der Waals surface area (Å²) in [4.78, 5) is 6.71. The molecule has 1 aliphatic heterocycles. The van der Waals surface area contributed by atoms with Crippen LogP contribution in [-0.4, -0.2) is 50.3 Å². The summed E-state index contributed by atoms with van der Waals surface area (Å²) in [6, 6.07) is 16.1. The van der Waals surface area contributed by atoms with Gasteiger partial charge in [-0.25, -0.2) is 4.39 Å². The van der Waals surface area contributed by atoms with Crippen LogP contribution in [0.4, 0.5) is 4.39 Å². The Balaban J connectivity index is 0.00000320. The number of piperidine rings is 1. The fraction of sp³-hybridized carbons (Fsp3) is 0.435. The van der Waals surface area contributed by atoms with Crippen LogP contribution in [0.2, 0.25) is 0 Å². The lowest BCUT2D eigenvalue weighted by Gasteiger charge is -2.34. The third-order valence-corrected chi connectivity index (χ3v) is 4.94. The SMILES string of the molecule is CN=C(NCCCCOc1ccc(F)cc1)N1CCC(Oc2ccccc2)CC1.I. The number of rotatable bonds is 8. The maximum absolute atomic E-state index is 12.9. The van der Waals surface area contributed by atoms with Crippen LogP contribution in [0.3, 0.4) is 0 Å². The Bertz CT molecular complexity index is 751. The van der Waals surface area contributed by atoms with Gasteiger partial charge in [-0.1, -0.05) is 18.2 Å². The van der Waals surface area contributed by atoms with Crippen molar-refractivity contribution in [1.82, 2.24) is 10.2 Å². The van der Waals surface area contributed by atoms with Crippen molar-refractivity contribution >= 4 is 29.9 Å². The van der Waals surface area contributed by atoms with E-state index in [4.69, 9.17) is 9.47 Å². The van der Waals surface area contributed by atoms with Gasteiger partial charge in [0.2, 0.25) is 0 Å². The van der Waals surface area contributed by atoms with Crippen LogP contribution >= 0.6 is 24.0 Å². The number of aliphatic imine (C=N–C) groups is 1. The first-order valence-electron chi connectivity index (χ1n) is 10.3. The average Bonchev–Trinajstić information content (AvgIpc) is 2.76. The highest BCUT2D eigenvalue weighted by atomic mass is 127. The summed E-state index contributed by atoms with van der Waals surface area (Å²) in [5.74, 6) is 2.35. The van der Waals surface area contributed by atoms with Gasteiger partial charge in [0.25, 0.3) is 0 Å². The maximum atomic E-state index is 12.9. The van der Waals surface area contributed by atoms with Crippen molar-refractivity contribution in [1.29, 1.82) is 0 Å². The van der Waals surface area contributed by atoms with E-state index >= 15 is 0 Å².